The number of hydrogen-bond donors (Lipinski definition) is 2. The number of aryl methyl sites for hydroxylation is 1. The summed E-state index contributed by atoms with van der Waals surface area (Å²) in [4.78, 5) is 13.1. The highest BCUT2D eigenvalue weighted by molar-refractivity contribution is 7.89. The third-order valence-corrected chi connectivity index (χ3v) is 4.81. The number of carboxylic acid groups (broad SMARTS) is 1. The second-order valence-electron chi connectivity index (χ2n) is 5.04. The number of carbonyl (C=O) groups is 1. The van der Waals surface area contributed by atoms with Crippen LogP contribution in [0.5, 0.6) is 0 Å². The van der Waals surface area contributed by atoms with Gasteiger partial charge in [0.15, 0.2) is 0 Å². The van der Waals surface area contributed by atoms with Gasteiger partial charge in [-0.2, -0.15) is 9.40 Å². The highest BCUT2D eigenvalue weighted by Crippen LogP contribution is 2.20. The van der Waals surface area contributed by atoms with E-state index < -0.39 is 21.0 Å². The van der Waals surface area contributed by atoms with Gasteiger partial charge in [0.2, 0.25) is 5.03 Å². The van der Waals surface area contributed by atoms with E-state index in [4.69, 9.17) is 0 Å². The molecule has 1 rings (SSSR count). The van der Waals surface area contributed by atoms with Gasteiger partial charge >= 0.3 is 5.97 Å². The summed E-state index contributed by atoms with van der Waals surface area (Å²) in [7, 11) is -0.240. The molecule has 21 heavy (non-hydrogen) atoms. The Morgan fingerprint density at radius 1 is 1.29 bits per heavy atom. The number of carboxylic acids is 1. The van der Waals surface area contributed by atoms with Crippen LogP contribution in [0.2, 0.25) is 0 Å². The molecule has 0 bridgehead atoms. The fourth-order valence-corrected chi connectivity index (χ4v) is 3.53. The molecule has 8 nitrogen and oxygen atoms in total. The van der Waals surface area contributed by atoms with Gasteiger partial charge in [0.25, 0.3) is 10.0 Å². The maximum atomic E-state index is 12.6. The summed E-state index contributed by atoms with van der Waals surface area (Å²) < 4.78 is 26.5. The Labute approximate surface area is 124 Å². The maximum absolute atomic E-state index is 12.6. The van der Waals surface area contributed by atoms with E-state index in [0.717, 1.165) is 0 Å². The number of H-pyrrole nitrogens is 1. The summed E-state index contributed by atoms with van der Waals surface area (Å²) in [6.45, 7) is 4.51. The Bertz CT molecular complexity index is 594. The van der Waals surface area contributed by atoms with Crippen LogP contribution >= 0.6 is 0 Å². The van der Waals surface area contributed by atoms with Crippen molar-refractivity contribution in [2.24, 2.45) is 0 Å². The molecule has 9 heteroatoms. The van der Waals surface area contributed by atoms with Crippen LogP contribution in [0, 0.1) is 6.92 Å². The lowest BCUT2D eigenvalue weighted by Crippen LogP contribution is -2.38. The van der Waals surface area contributed by atoms with Gasteiger partial charge in [-0.25, -0.2) is 13.2 Å². The Balaban J connectivity index is 3.20. The molecule has 2 N–H and O–H groups in total. The Morgan fingerprint density at radius 2 is 1.90 bits per heavy atom. The smallest absolute Gasteiger partial charge is 0.340 e. The lowest BCUT2D eigenvalue weighted by molar-refractivity contribution is 0.0691. The third-order valence-electron chi connectivity index (χ3n) is 2.98. The molecule has 0 amide bonds. The molecular weight excluding hydrogens is 296 g/mol. The van der Waals surface area contributed by atoms with Crippen molar-refractivity contribution in [3.05, 3.63) is 11.3 Å². The lowest BCUT2D eigenvalue weighted by atomic mass is 10.3. The van der Waals surface area contributed by atoms with E-state index in [9.17, 15) is 18.3 Å². The minimum atomic E-state index is -3.93. The van der Waals surface area contributed by atoms with E-state index in [1.807, 2.05) is 25.9 Å². The van der Waals surface area contributed by atoms with Crippen LogP contribution in [0.25, 0.3) is 0 Å². The van der Waals surface area contributed by atoms with Crippen LogP contribution in [-0.4, -0.2) is 72.6 Å². The zero-order valence-corrected chi connectivity index (χ0v) is 13.6. The van der Waals surface area contributed by atoms with Crippen LogP contribution in [0.15, 0.2) is 5.03 Å². The molecule has 0 aliphatic carbocycles. The van der Waals surface area contributed by atoms with E-state index in [2.05, 4.69) is 10.2 Å². The first-order chi connectivity index (χ1) is 9.71. The van der Waals surface area contributed by atoms with Gasteiger partial charge in [-0.1, -0.05) is 6.92 Å². The first kappa shape index (κ1) is 17.6. The maximum Gasteiger partial charge on any atom is 0.340 e. The van der Waals surface area contributed by atoms with Gasteiger partial charge in [-0.05, 0) is 27.4 Å². The Morgan fingerprint density at radius 3 is 2.38 bits per heavy atom. The number of aromatic nitrogens is 2. The molecule has 0 saturated carbocycles. The van der Waals surface area contributed by atoms with E-state index in [1.54, 1.807) is 0 Å². The molecule has 1 aromatic heterocycles. The first-order valence-electron chi connectivity index (χ1n) is 6.65. The summed E-state index contributed by atoms with van der Waals surface area (Å²) in [6, 6.07) is 0. The van der Waals surface area contributed by atoms with Crippen molar-refractivity contribution >= 4 is 16.0 Å². The topological polar surface area (TPSA) is 107 Å². The van der Waals surface area contributed by atoms with Crippen molar-refractivity contribution < 1.29 is 18.3 Å². The fraction of sp³-hybridized carbons (Fsp3) is 0.667. The molecule has 0 saturated heterocycles. The average Bonchev–Trinajstić information content (AvgIpc) is 2.76. The second-order valence-corrected chi connectivity index (χ2v) is 6.89. The molecule has 0 radical (unpaired) electrons. The number of aromatic amines is 1. The zero-order chi connectivity index (χ0) is 16.2. The molecule has 0 aliphatic rings. The number of hydrogen-bond acceptors (Lipinski definition) is 5. The number of nitrogens with one attached hydrogen (secondary N) is 1. The van der Waals surface area contributed by atoms with Crippen LogP contribution in [-0.2, 0) is 10.0 Å². The second kappa shape index (κ2) is 7.01. The highest BCUT2D eigenvalue weighted by atomic mass is 32.2. The zero-order valence-electron chi connectivity index (χ0n) is 12.8. The summed E-state index contributed by atoms with van der Waals surface area (Å²) in [6.07, 6.45) is 0.637. The van der Waals surface area contributed by atoms with Crippen molar-refractivity contribution in [1.82, 2.24) is 19.4 Å². The van der Waals surface area contributed by atoms with E-state index >= 15 is 0 Å². The van der Waals surface area contributed by atoms with E-state index in [0.29, 0.717) is 19.5 Å². The van der Waals surface area contributed by atoms with Crippen molar-refractivity contribution in [3.63, 3.8) is 0 Å². The number of rotatable bonds is 8. The van der Waals surface area contributed by atoms with E-state index in [-0.39, 0.29) is 17.8 Å². The monoisotopic (exact) mass is 318 g/mol. The van der Waals surface area contributed by atoms with Crippen molar-refractivity contribution in [2.75, 3.05) is 33.7 Å². The van der Waals surface area contributed by atoms with Crippen LogP contribution < -0.4 is 0 Å². The Kier molecular flexibility index (Phi) is 5.87. The standard InChI is InChI=1S/C12H22N4O4S/c1-5-6-16(8-7-15(3)4)21(19,20)11-10(12(17)18)9(2)13-14-11/h5-8H2,1-4H3,(H,13,14)(H,17,18). The minimum absolute atomic E-state index is 0.227. The average molecular weight is 318 g/mol. The van der Waals surface area contributed by atoms with Crippen LogP contribution in [0.1, 0.15) is 29.4 Å². The van der Waals surface area contributed by atoms with Crippen molar-refractivity contribution in [1.29, 1.82) is 0 Å². The van der Waals surface area contributed by atoms with Gasteiger partial charge in [-0.3, -0.25) is 5.10 Å². The molecule has 0 unspecified atom stereocenters. The summed E-state index contributed by atoms with van der Waals surface area (Å²) in [5.41, 5.74) is -0.0638. The number of nitrogens with zero attached hydrogens (tertiary/aromatic N) is 3. The fourth-order valence-electron chi connectivity index (χ4n) is 1.88. The molecule has 0 aliphatic heterocycles. The molecular formula is C12H22N4O4S. The summed E-state index contributed by atoms with van der Waals surface area (Å²) in [5.74, 6) is -1.30. The Hall–Kier alpha value is -1.45. The first-order valence-corrected chi connectivity index (χ1v) is 8.09. The SMILES string of the molecule is CCCN(CCN(C)C)S(=O)(=O)c1n[nH]c(C)c1C(=O)O. The number of sulfonamides is 1. The summed E-state index contributed by atoms with van der Waals surface area (Å²) >= 11 is 0. The van der Waals surface area contributed by atoms with Crippen LogP contribution in [0.4, 0.5) is 0 Å². The number of aromatic carboxylic acids is 1. The molecule has 120 valence electrons. The van der Waals surface area contributed by atoms with Crippen molar-refractivity contribution in [2.45, 2.75) is 25.3 Å². The molecule has 0 fully saturated rings. The largest absolute Gasteiger partial charge is 0.478 e. The minimum Gasteiger partial charge on any atom is -0.478 e. The molecule has 0 atom stereocenters. The normalized spacial score (nSPS) is 12.3. The van der Waals surface area contributed by atoms with Gasteiger partial charge in [0, 0.05) is 25.3 Å². The third kappa shape index (κ3) is 4.02. The molecule has 1 heterocycles. The highest BCUT2D eigenvalue weighted by Gasteiger charge is 2.32. The molecule has 1 aromatic rings. The van der Waals surface area contributed by atoms with E-state index in [1.165, 1.54) is 11.2 Å². The number of likely N-dealkylation sites (N-methyl/N-ethyl adjacent to an activating group) is 1. The lowest BCUT2D eigenvalue weighted by Gasteiger charge is -2.22. The van der Waals surface area contributed by atoms with Gasteiger partial charge in [-0.15, -0.1) is 0 Å². The quantitative estimate of drug-likeness (QED) is 0.717. The molecule has 0 aromatic carbocycles. The van der Waals surface area contributed by atoms with Gasteiger partial charge in [0.1, 0.15) is 5.56 Å². The van der Waals surface area contributed by atoms with Crippen molar-refractivity contribution in [3.8, 4) is 0 Å². The predicted molar refractivity (Wildman–Crippen MR) is 77.9 cm³/mol. The van der Waals surface area contributed by atoms with Gasteiger partial charge in [0.05, 0.1) is 0 Å². The predicted octanol–water partition coefficient (Wildman–Crippen LogP) is 0.379. The molecule has 0 spiro atoms. The van der Waals surface area contributed by atoms with Gasteiger partial charge < -0.3 is 10.0 Å². The summed E-state index contributed by atoms with van der Waals surface area (Å²) in [5, 5.41) is 14.9. The van der Waals surface area contributed by atoms with Crippen LogP contribution in [0.3, 0.4) is 0 Å².